The highest BCUT2D eigenvalue weighted by atomic mass is 35.5. The van der Waals surface area contributed by atoms with Gasteiger partial charge in [0.1, 0.15) is 0 Å². The van der Waals surface area contributed by atoms with Crippen molar-refractivity contribution in [1.82, 2.24) is 30.0 Å². The molecular weight excluding hydrogens is 513 g/mol. The van der Waals surface area contributed by atoms with Crippen LogP contribution in [0.2, 0.25) is 10.2 Å². The standard InChI is InChI=1S/C26H31Cl2N7O2/c1-4-20-15-34(24-23(28)30-22(16(2)29-24)25-32-31-17(3)37-25)13-14-35(20)21-9-11-33(12-10-21)26(36)18-5-7-19(27)8-6-18/h5-8,20-21H,4,9-15H2,1-3H3. The van der Waals surface area contributed by atoms with Crippen molar-refractivity contribution in [2.75, 3.05) is 37.6 Å². The molecule has 1 amide bonds. The smallest absolute Gasteiger partial charge is 0.268 e. The first-order valence-corrected chi connectivity index (χ1v) is 13.5. The Labute approximate surface area is 226 Å². The number of likely N-dealkylation sites (tertiary alicyclic amines) is 1. The summed E-state index contributed by atoms with van der Waals surface area (Å²) in [7, 11) is 0. The number of hydrogen-bond donors (Lipinski definition) is 0. The van der Waals surface area contributed by atoms with E-state index in [0.29, 0.717) is 56.8 Å². The molecule has 11 heteroatoms. The lowest BCUT2D eigenvalue weighted by Gasteiger charge is -2.47. The third-order valence-corrected chi connectivity index (χ3v) is 7.86. The van der Waals surface area contributed by atoms with Crippen molar-refractivity contribution in [3.8, 4) is 11.6 Å². The first kappa shape index (κ1) is 25.9. The van der Waals surface area contributed by atoms with Crippen LogP contribution in [0.25, 0.3) is 11.6 Å². The summed E-state index contributed by atoms with van der Waals surface area (Å²) in [6, 6.07) is 7.96. The second kappa shape index (κ2) is 10.9. The lowest BCUT2D eigenvalue weighted by Crippen LogP contribution is -2.58. The van der Waals surface area contributed by atoms with E-state index in [9.17, 15) is 4.79 Å². The van der Waals surface area contributed by atoms with E-state index in [1.54, 1.807) is 31.2 Å². The zero-order valence-corrected chi connectivity index (χ0v) is 22.8. The first-order chi connectivity index (χ1) is 17.8. The first-order valence-electron chi connectivity index (χ1n) is 12.7. The topological polar surface area (TPSA) is 91.5 Å². The summed E-state index contributed by atoms with van der Waals surface area (Å²) in [4.78, 5) is 29.1. The van der Waals surface area contributed by atoms with Crippen LogP contribution < -0.4 is 4.90 Å². The lowest BCUT2D eigenvalue weighted by atomic mass is 9.97. The lowest BCUT2D eigenvalue weighted by molar-refractivity contribution is 0.0491. The number of piperazine rings is 1. The van der Waals surface area contributed by atoms with E-state index in [1.165, 1.54) is 0 Å². The van der Waals surface area contributed by atoms with Crippen LogP contribution in [0.15, 0.2) is 28.7 Å². The molecule has 0 spiro atoms. The number of anilines is 1. The summed E-state index contributed by atoms with van der Waals surface area (Å²) in [6.45, 7) is 9.91. The highest BCUT2D eigenvalue weighted by Crippen LogP contribution is 2.31. The van der Waals surface area contributed by atoms with Crippen molar-refractivity contribution >= 4 is 34.9 Å². The number of aryl methyl sites for hydroxylation is 2. The third-order valence-electron chi connectivity index (χ3n) is 7.35. The maximum atomic E-state index is 12.9. The molecule has 2 fully saturated rings. The number of nitrogens with zero attached hydrogens (tertiary/aromatic N) is 7. The van der Waals surface area contributed by atoms with Gasteiger partial charge in [-0.3, -0.25) is 9.69 Å². The van der Waals surface area contributed by atoms with E-state index in [-0.39, 0.29) is 5.91 Å². The molecule has 5 rings (SSSR count). The Balaban J connectivity index is 1.23. The van der Waals surface area contributed by atoms with Crippen molar-refractivity contribution in [3.63, 3.8) is 0 Å². The van der Waals surface area contributed by atoms with E-state index < -0.39 is 0 Å². The minimum Gasteiger partial charge on any atom is -0.420 e. The third kappa shape index (κ3) is 5.44. The Morgan fingerprint density at radius 3 is 2.41 bits per heavy atom. The van der Waals surface area contributed by atoms with Gasteiger partial charge in [0.15, 0.2) is 16.7 Å². The number of halogens is 2. The van der Waals surface area contributed by atoms with Crippen LogP contribution in [0.4, 0.5) is 5.82 Å². The Kier molecular flexibility index (Phi) is 7.65. The van der Waals surface area contributed by atoms with E-state index in [1.807, 2.05) is 11.8 Å². The molecular formula is C26H31Cl2N7O2. The number of aromatic nitrogens is 4. The second-order valence-corrected chi connectivity index (χ2v) is 10.5. The fourth-order valence-electron chi connectivity index (χ4n) is 5.36. The molecule has 1 atom stereocenters. The Morgan fingerprint density at radius 1 is 1.03 bits per heavy atom. The highest BCUT2D eigenvalue weighted by Gasteiger charge is 2.35. The summed E-state index contributed by atoms with van der Waals surface area (Å²) < 4.78 is 5.53. The molecule has 0 aliphatic carbocycles. The summed E-state index contributed by atoms with van der Waals surface area (Å²) in [5, 5.41) is 8.92. The van der Waals surface area contributed by atoms with Gasteiger partial charge in [0.2, 0.25) is 5.89 Å². The van der Waals surface area contributed by atoms with Gasteiger partial charge in [-0.25, -0.2) is 9.97 Å². The number of rotatable bonds is 5. The zero-order chi connectivity index (χ0) is 26.1. The van der Waals surface area contributed by atoms with Crippen molar-refractivity contribution < 1.29 is 9.21 Å². The molecule has 2 aromatic heterocycles. The molecule has 0 saturated carbocycles. The molecule has 2 aliphatic rings. The minimum atomic E-state index is 0.0784. The van der Waals surface area contributed by atoms with Crippen LogP contribution in [0.5, 0.6) is 0 Å². The number of hydrogen-bond acceptors (Lipinski definition) is 8. The monoisotopic (exact) mass is 543 g/mol. The van der Waals surface area contributed by atoms with Gasteiger partial charge in [-0.1, -0.05) is 30.1 Å². The van der Waals surface area contributed by atoms with Crippen LogP contribution in [0.1, 0.15) is 48.1 Å². The highest BCUT2D eigenvalue weighted by molar-refractivity contribution is 6.32. The molecule has 37 heavy (non-hydrogen) atoms. The van der Waals surface area contributed by atoms with Crippen LogP contribution in [0, 0.1) is 13.8 Å². The van der Waals surface area contributed by atoms with Crippen molar-refractivity contribution in [3.05, 3.63) is 51.6 Å². The molecule has 0 radical (unpaired) electrons. The average Bonchev–Trinajstić information content (AvgIpc) is 3.35. The molecule has 1 unspecified atom stereocenters. The molecule has 0 N–H and O–H groups in total. The number of benzene rings is 1. The molecule has 196 valence electrons. The second-order valence-electron chi connectivity index (χ2n) is 9.67. The predicted molar refractivity (Wildman–Crippen MR) is 143 cm³/mol. The summed E-state index contributed by atoms with van der Waals surface area (Å²) in [5.41, 5.74) is 1.91. The Morgan fingerprint density at radius 2 is 1.76 bits per heavy atom. The van der Waals surface area contributed by atoms with Gasteiger partial charge in [0, 0.05) is 62.3 Å². The number of amides is 1. The van der Waals surface area contributed by atoms with Gasteiger partial charge in [0.05, 0.1) is 5.69 Å². The maximum absolute atomic E-state index is 12.9. The summed E-state index contributed by atoms with van der Waals surface area (Å²) >= 11 is 12.6. The fourth-order valence-corrected chi connectivity index (χ4v) is 5.74. The molecule has 0 bridgehead atoms. The van der Waals surface area contributed by atoms with Crippen LogP contribution in [0.3, 0.4) is 0 Å². The number of carbonyl (C=O) groups excluding carboxylic acids is 1. The van der Waals surface area contributed by atoms with Gasteiger partial charge >= 0.3 is 0 Å². The maximum Gasteiger partial charge on any atom is 0.268 e. The molecule has 2 aliphatic heterocycles. The van der Waals surface area contributed by atoms with E-state index in [0.717, 1.165) is 52.0 Å². The average molecular weight is 544 g/mol. The molecule has 2 saturated heterocycles. The van der Waals surface area contributed by atoms with Gasteiger partial charge in [-0.2, -0.15) is 0 Å². The van der Waals surface area contributed by atoms with Crippen LogP contribution >= 0.6 is 23.2 Å². The molecule has 4 heterocycles. The van der Waals surface area contributed by atoms with Crippen LogP contribution in [-0.4, -0.2) is 80.7 Å². The normalized spacial score (nSPS) is 19.4. The predicted octanol–water partition coefficient (Wildman–Crippen LogP) is 4.66. The van der Waals surface area contributed by atoms with E-state index in [4.69, 9.17) is 32.6 Å². The fraction of sp³-hybridized carbons (Fsp3) is 0.500. The van der Waals surface area contributed by atoms with Gasteiger partial charge in [-0.15, -0.1) is 10.2 Å². The largest absolute Gasteiger partial charge is 0.420 e. The van der Waals surface area contributed by atoms with Gasteiger partial charge in [-0.05, 0) is 50.5 Å². The van der Waals surface area contributed by atoms with E-state index >= 15 is 0 Å². The minimum absolute atomic E-state index is 0.0784. The van der Waals surface area contributed by atoms with Crippen molar-refractivity contribution in [2.24, 2.45) is 0 Å². The molecule has 1 aromatic carbocycles. The Hall–Kier alpha value is -2.75. The SMILES string of the molecule is CCC1CN(c2nc(C)c(-c3nnc(C)o3)nc2Cl)CCN1C1CCN(C(=O)c2ccc(Cl)cc2)CC1. The summed E-state index contributed by atoms with van der Waals surface area (Å²) in [5.74, 6) is 1.57. The zero-order valence-electron chi connectivity index (χ0n) is 21.3. The summed E-state index contributed by atoms with van der Waals surface area (Å²) in [6.07, 6.45) is 2.95. The van der Waals surface area contributed by atoms with Crippen molar-refractivity contribution in [1.29, 1.82) is 0 Å². The van der Waals surface area contributed by atoms with Crippen molar-refractivity contribution in [2.45, 2.75) is 52.1 Å². The number of carbonyl (C=O) groups is 1. The Bertz CT molecular complexity index is 1260. The van der Waals surface area contributed by atoms with Crippen LogP contribution in [-0.2, 0) is 0 Å². The van der Waals surface area contributed by atoms with Gasteiger partial charge in [0.25, 0.3) is 11.8 Å². The molecule has 9 nitrogen and oxygen atoms in total. The van der Waals surface area contributed by atoms with E-state index in [2.05, 4.69) is 31.9 Å². The van der Waals surface area contributed by atoms with Gasteiger partial charge < -0.3 is 14.2 Å². The number of piperidine rings is 1. The molecule has 3 aromatic rings. The quantitative estimate of drug-likeness (QED) is 0.458.